The van der Waals surface area contributed by atoms with Crippen molar-refractivity contribution in [3.63, 3.8) is 0 Å². The van der Waals surface area contributed by atoms with E-state index in [1.54, 1.807) is 37.3 Å². The Hall–Kier alpha value is -1.89. The van der Waals surface area contributed by atoms with Crippen molar-refractivity contribution in [2.75, 3.05) is 19.9 Å². The Bertz CT molecular complexity index is 862. The van der Waals surface area contributed by atoms with Crippen LogP contribution >= 0.6 is 35.0 Å². The fourth-order valence-corrected chi connectivity index (χ4v) is 4.32. The number of halogens is 2. The molecule has 1 atom stereocenters. The van der Waals surface area contributed by atoms with Crippen LogP contribution in [0.4, 0.5) is 0 Å². The van der Waals surface area contributed by atoms with E-state index in [1.807, 2.05) is 31.2 Å². The van der Waals surface area contributed by atoms with E-state index in [0.29, 0.717) is 22.2 Å². The van der Waals surface area contributed by atoms with Crippen LogP contribution in [0.5, 0.6) is 5.75 Å². The van der Waals surface area contributed by atoms with Crippen LogP contribution < -0.4 is 10.1 Å². The zero-order chi connectivity index (χ0) is 22.1. The normalized spacial score (nSPS) is 11.6. The first kappa shape index (κ1) is 24.4. The van der Waals surface area contributed by atoms with Crippen molar-refractivity contribution >= 4 is 46.8 Å². The first-order chi connectivity index (χ1) is 14.4. The minimum atomic E-state index is -0.573. The summed E-state index contributed by atoms with van der Waals surface area (Å²) in [5.74, 6) is 1.42. The Balaban J connectivity index is 2.11. The Labute approximate surface area is 192 Å². The third kappa shape index (κ3) is 6.83. The van der Waals surface area contributed by atoms with Crippen molar-refractivity contribution in [3.05, 3.63) is 63.6 Å². The molecule has 0 aromatic heterocycles. The number of nitrogens with one attached hydrogen (secondary N) is 1. The highest BCUT2D eigenvalue weighted by Crippen LogP contribution is 2.24. The minimum Gasteiger partial charge on any atom is -0.497 e. The lowest BCUT2D eigenvalue weighted by Crippen LogP contribution is -2.48. The van der Waals surface area contributed by atoms with Crippen LogP contribution in [0.3, 0.4) is 0 Å². The summed E-state index contributed by atoms with van der Waals surface area (Å²) in [6, 6.07) is 12.3. The van der Waals surface area contributed by atoms with Gasteiger partial charge in [-0.05, 0) is 41.8 Å². The molecule has 0 fully saturated rings. The first-order valence-electron chi connectivity index (χ1n) is 9.55. The van der Waals surface area contributed by atoms with Gasteiger partial charge in [0.05, 0.1) is 12.9 Å². The predicted octanol–water partition coefficient (Wildman–Crippen LogP) is 4.79. The number of thioether (sulfide) groups is 1. The Morgan fingerprint density at radius 3 is 2.43 bits per heavy atom. The third-order valence-corrected chi connectivity index (χ3v) is 6.22. The molecule has 0 saturated carbocycles. The molecule has 0 radical (unpaired) electrons. The van der Waals surface area contributed by atoms with Gasteiger partial charge in [0.15, 0.2) is 0 Å². The van der Waals surface area contributed by atoms with E-state index in [1.165, 1.54) is 11.8 Å². The lowest BCUT2D eigenvalue weighted by atomic mass is 10.1. The summed E-state index contributed by atoms with van der Waals surface area (Å²) in [5.41, 5.74) is 1.84. The van der Waals surface area contributed by atoms with Crippen molar-refractivity contribution in [2.45, 2.75) is 31.7 Å². The van der Waals surface area contributed by atoms with Gasteiger partial charge < -0.3 is 15.0 Å². The van der Waals surface area contributed by atoms with Gasteiger partial charge in [-0.1, -0.05) is 48.3 Å². The maximum absolute atomic E-state index is 13.1. The van der Waals surface area contributed by atoms with Gasteiger partial charge in [-0.25, -0.2) is 0 Å². The highest BCUT2D eigenvalue weighted by atomic mass is 35.5. The summed E-state index contributed by atoms with van der Waals surface area (Å²) >= 11 is 13.8. The second-order valence-corrected chi connectivity index (χ2v) is 8.47. The summed E-state index contributed by atoms with van der Waals surface area (Å²) in [4.78, 5) is 27.1. The van der Waals surface area contributed by atoms with Crippen LogP contribution in [0.2, 0.25) is 10.0 Å². The quantitative estimate of drug-likeness (QED) is 0.544. The first-order valence-corrected chi connectivity index (χ1v) is 11.5. The molecule has 162 valence electrons. The van der Waals surface area contributed by atoms with Crippen molar-refractivity contribution in [3.8, 4) is 5.75 Å². The third-order valence-electron chi connectivity index (χ3n) is 4.64. The molecule has 5 nitrogen and oxygen atoms in total. The van der Waals surface area contributed by atoms with E-state index in [-0.39, 0.29) is 24.1 Å². The molecule has 0 spiro atoms. The molecule has 0 aliphatic carbocycles. The van der Waals surface area contributed by atoms with Gasteiger partial charge in [-0.3, -0.25) is 9.59 Å². The minimum absolute atomic E-state index is 0.116. The van der Waals surface area contributed by atoms with Crippen molar-refractivity contribution < 1.29 is 14.3 Å². The molecule has 30 heavy (non-hydrogen) atoms. The smallest absolute Gasteiger partial charge is 0.242 e. The number of likely N-dealkylation sites (N-methyl/N-ethyl adjacent to an activating group) is 1. The zero-order valence-electron chi connectivity index (χ0n) is 17.3. The molecule has 2 rings (SSSR count). The van der Waals surface area contributed by atoms with Gasteiger partial charge in [0, 0.05) is 29.4 Å². The Kier molecular flexibility index (Phi) is 9.82. The van der Waals surface area contributed by atoms with E-state index in [4.69, 9.17) is 27.9 Å². The number of nitrogens with zero attached hydrogens (tertiary/aromatic N) is 1. The number of carbonyl (C=O) groups is 2. The largest absolute Gasteiger partial charge is 0.497 e. The summed E-state index contributed by atoms with van der Waals surface area (Å²) in [7, 11) is 3.20. The molecule has 2 aromatic rings. The SMILES string of the molecule is CCC(C(=O)NC)N(Cc1ccc(Cl)cc1Cl)C(=O)CSCc1ccc(OC)cc1. The summed E-state index contributed by atoms with van der Waals surface area (Å²) in [6.45, 7) is 2.12. The lowest BCUT2D eigenvalue weighted by molar-refractivity contribution is -0.139. The van der Waals surface area contributed by atoms with Crippen molar-refractivity contribution in [1.82, 2.24) is 10.2 Å². The number of rotatable bonds is 10. The maximum Gasteiger partial charge on any atom is 0.242 e. The van der Waals surface area contributed by atoms with Crippen LogP contribution in [0.15, 0.2) is 42.5 Å². The average molecular weight is 469 g/mol. The number of hydrogen-bond donors (Lipinski definition) is 1. The number of methoxy groups -OCH3 is 1. The topological polar surface area (TPSA) is 58.6 Å². The highest BCUT2D eigenvalue weighted by Gasteiger charge is 2.28. The van der Waals surface area contributed by atoms with E-state index in [0.717, 1.165) is 16.9 Å². The molecule has 0 aliphatic heterocycles. The predicted molar refractivity (Wildman–Crippen MR) is 124 cm³/mol. The second-order valence-electron chi connectivity index (χ2n) is 6.64. The zero-order valence-corrected chi connectivity index (χ0v) is 19.6. The molecule has 1 N–H and O–H groups in total. The molecule has 0 bridgehead atoms. The second kappa shape index (κ2) is 12.1. The van der Waals surface area contributed by atoms with E-state index >= 15 is 0 Å². The van der Waals surface area contributed by atoms with Gasteiger partial charge >= 0.3 is 0 Å². The highest BCUT2D eigenvalue weighted by molar-refractivity contribution is 7.99. The van der Waals surface area contributed by atoms with Gasteiger partial charge in [0.1, 0.15) is 11.8 Å². The fourth-order valence-electron chi connectivity index (χ4n) is 2.98. The monoisotopic (exact) mass is 468 g/mol. The fraction of sp³-hybridized carbons (Fsp3) is 0.364. The maximum atomic E-state index is 13.1. The van der Waals surface area contributed by atoms with Crippen LogP contribution in [0.25, 0.3) is 0 Å². The summed E-state index contributed by atoms with van der Waals surface area (Å²) in [6.07, 6.45) is 0.500. The molecule has 2 amide bonds. The van der Waals surface area contributed by atoms with Gasteiger partial charge in [-0.2, -0.15) is 0 Å². The lowest BCUT2D eigenvalue weighted by Gasteiger charge is -2.30. The molecule has 2 aromatic carbocycles. The van der Waals surface area contributed by atoms with Gasteiger partial charge in [0.25, 0.3) is 0 Å². The van der Waals surface area contributed by atoms with E-state index in [2.05, 4.69) is 5.32 Å². The Morgan fingerprint density at radius 2 is 1.87 bits per heavy atom. The van der Waals surface area contributed by atoms with Gasteiger partial charge in [0.2, 0.25) is 11.8 Å². The molecular formula is C22H26Cl2N2O3S. The van der Waals surface area contributed by atoms with Crippen LogP contribution in [0, 0.1) is 0 Å². The molecule has 0 saturated heterocycles. The number of carbonyl (C=O) groups excluding carboxylic acids is 2. The number of hydrogen-bond acceptors (Lipinski definition) is 4. The molecule has 8 heteroatoms. The molecule has 0 heterocycles. The van der Waals surface area contributed by atoms with Crippen LogP contribution in [0.1, 0.15) is 24.5 Å². The van der Waals surface area contributed by atoms with Crippen molar-refractivity contribution in [2.24, 2.45) is 0 Å². The van der Waals surface area contributed by atoms with E-state index < -0.39 is 6.04 Å². The van der Waals surface area contributed by atoms with Crippen LogP contribution in [-0.2, 0) is 21.9 Å². The van der Waals surface area contributed by atoms with E-state index in [9.17, 15) is 9.59 Å². The number of benzene rings is 2. The summed E-state index contributed by atoms with van der Waals surface area (Å²) < 4.78 is 5.16. The molecule has 0 aliphatic rings. The molecule has 1 unspecified atom stereocenters. The van der Waals surface area contributed by atoms with Crippen molar-refractivity contribution in [1.29, 1.82) is 0 Å². The molecular weight excluding hydrogens is 443 g/mol. The standard InChI is InChI=1S/C22H26Cl2N2O3S/c1-4-20(22(28)25-2)26(12-16-7-8-17(23)11-19(16)24)21(27)14-30-13-15-5-9-18(29-3)10-6-15/h5-11,20H,4,12-14H2,1-3H3,(H,25,28). The van der Waals surface area contributed by atoms with Gasteiger partial charge in [-0.15, -0.1) is 11.8 Å². The van der Waals surface area contributed by atoms with Crippen LogP contribution in [-0.4, -0.2) is 42.7 Å². The number of amides is 2. The summed E-state index contributed by atoms with van der Waals surface area (Å²) in [5, 5.41) is 3.64. The Morgan fingerprint density at radius 1 is 1.17 bits per heavy atom. The average Bonchev–Trinajstić information content (AvgIpc) is 2.75. The number of ether oxygens (including phenoxy) is 1.